The number of aliphatic carboxylic acids is 1. The molecule has 0 amide bonds. The molecule has 0 saturated carbocycles. The molecule has 0 aromatic heterocycles. The molecule has 8 heteroatoms. The molecule has 0 aromatic carbocycles. The van der Waals surface area contributed by atoms with Crippen LogP contribution >= 0.6 is 0 Å². The second-order valence-corrected chi connectivity index (χ2v) is 16.3. The number of esters is 2. The topological polar surface area (TPSA) is 102 Å². The Kier molecular flexibility index (Phi) is 37.2. The van der Waals surface area contributed by atoms with Crippen molar-refractivity contribution in [3.8, 4) is 0 Å². The van der Waals surface area contributed by atoms with E-state index in [1.54, 1.807) is 21.1 Å². The normalized spacial score (nSPS) is 13.4. The van der Waals surface area contributed by atoms with Crippen molar-refractivity contribution in [2.75, 3.05) is 41.0 Å². The van der Waals surface area contributed by atoms with Crippen LogP contribution in [-0.4, -0.2) is 75.5 Å². The number of rotatable bonds is 40. The van der Waals surface area contributed by atoms with Gasteiger partial charge in [0, 0.05) is 19.3 Å². The number of allylic oxidation sites excluding steroid dienone is 8. The van der Waals surface area contributed by atoms with Gasteiger partial charge in [0.15, 0.2) is 6.10 Å². The van der Waals surface area contributed by atoms with Gasteiger partial charge in [-0.1, -0.05) is 152 Å². The molecule has 0 bridgehead atoms. The van der Waals surface area contributed by atoms with Gasteiger partial charge >= 0.3 is 11.9 Å². The second-order valence-electron chi connectivity index (χ2n) is 16.3. The fourth-order valence-corrected chi connectivity index (χ4v) is 6.42. The molecule has 0 aliphatic heterocycles. The van der Waals surface area contributed by atoms with Crippen molar-refractivity contribution in [3.63, 3.8) is 0 Å². The maximum absolute atomic E-state index is 12.7. The third kappa shape index (κ3) is 36.9. The van der Waals surface area contributed by atoms with E-state index in [0.717, 1.165) is 77.0 Å². The first-order valence-corrected chi connectivity index (χ1v) is 22.7. The number of quaternary nitrogens is 1. The molecule has 0 aliphatic carbocycles. The Labute approximate surface area is 344 Å². The lowest BCUT2D eigenvalue weighted by molar-refractivity contribution is -0.889. The second kappa shape index (κ2) is 39.1. The van der Waals surface area contributed by atoms with Crippen molar-refractivity contribution in [1.82, 2.24) is 0 Å². The molecular formula is C48H85NO7. The lowest BCUT2D eigenvalue weighted by atomic mass is 10.1. The van der Waals surface area contributed by atoms with Gasteiger partial charge in [0.1, 0.15) is 12.6 Å². The largest absolute Gasteiger partial charge is 0.544 e. The fraction of sp³-hybridized carbons (Fsp3) is 0.771. The summed E-state index contributed by atoms with van der Waals surface area (Å²) in [6.07, 6.45) is 45.6. The molecule has 0 saturated heterocycles. The Balaban J connectivity index is 4.41. The van der Waals surface area contributed by atoms with E-state index in [9.17, 15) is 19.5 Å². The maximum atomic E-state index is 12.7. The standard InChI is InChI=1S/C48H85NO7/c1-6-8-10-12-14-16-18-20-22-23-24-25-27-29-31-33-35-37-39-47(51)56-44(42-54-41-40-45(48(52)53)49(3,4)5)43-55-46(50)38-36-34-32-30-28-26-21-19-17-15-13-11-9-7-2/h18,20,22-26,28,44-45H,6-17,19,21,27,29-43H2,1-5H3/b20-18+,23-22+,25-24+,28-26+. The SMILES string of the molecule is CCCCCCC/C=C/C=C/C=C/CCCCCCCC(=O)OC(COCCC(C(=O)[O-])[N+](C)(C)C)COC(=O)CCCCC/C=C/CCCCCCCCC. The Morgan fingerprint density at radius 1 is 0.536 bits per heavy atom. The first kappa shape index (κ1) is 53.3. The van der Waals surface area contributed by atoms with Crippen LogP contribution in [0.25, 0.3) is 0 Å². The fourth-order valence-electron chi connectivity index (χ4n) is 6.42. The van der Waals surface area contributed by atoms with Gasteiger partial charge in [-0.15, -0.1) is 0 Å². The van der Waals surface area contributed by atoms with Crippen LogP contribution in [0, 0.1) is 0 Å². The van der Waals surface area contributed by atoms with Gasteiger partial charge in [0.2, 0.25) is 0 Å². The number of carboxylic acids is 1. The van der Waals surface area contributed by atoms with Crippen molar-refractivity contribution in [2.24, 2.45) is 0 Å². The molecule has 0 aliphatic rings. The van der Waals surface area contributed by atoms with Gasteiger partial charge in [-0.25, -0.2) is 0 Å². The summed E-state index contributed by atoms with van der Waals surface area (Å²) in [6, 6.07) is -0.732. The smallest absolute Gasteiger partial charge is 0.306 e. The van der Waals surface area contributed by atoms with Crippen LogP contribution in [0.2, 0.25) is 0 Å². The minimum Gasteiger partial charge on any atom is -0.544 e. The first-order valence-electron chi connectivity index (χ1n) is 22.7. The minimum atomic E-state index is -1.13. The number of carbonyl (C=O) groups excluding carboxylic acids is 3. The summed E-state index contributed by atoms with van der Waals surface area (Å²) in [7, 11) is 5.39. The van der Waals surface area contributed by atoms with Gasteiger partial charge < -0.3 is 28.6 Å². The molecule has 8 nitrogen and oxygen atoms in total. The highest BCUT2D eigenvalue weighted by molar-refractivity contribution is 5.70. The molecular weight excluding hydrogens is 703 g/mol. The Morgan fingerprint density at radius 3 is 1.45 bits per heavy atom. The number of hydrogen-bond donors (Lipinski definition) is 0. The molecule has 0 aromatic rings. The highest BCUT2D eigenvalue weighted by Gasteiger charge is 2.25. The Bertz CT molecular complexity index is 1060. The number of hydrogen-bond acceptors (Lipinski definition) is 7. The van der Waals surface area contributed by atoms with Crippen LogP contribution in [0.3, 0.4) is 0 Å². The molecule has 0 heterocycles. The van der Waals surface area contributed by atoms with Gasteiger partial charge in [-0.3, -0.25) is 9.59 Å². The predicted molar refractivity (Wildman–Crippen MR) is 231 cm³/mol. The zero-order valence-corrected chi connectivity index (χ0v) is 36.8. The molecule has 324 valence electrons. The van der Waals surface area contributed by atoms with E-state index < -0.39 is 18.1 Å². The molecule has 0 spiro atoms. The summed E-state index contributed by atoms with van der Waals surface area (Å²) < 4.78 is 17.1. The average Bonchev–Trinajstić information content (AvgIpc) is 3.15. The number of ether oxygens (including phenoxy) is 3. The van der Waals surface area contributed by atoms with Gasteiger partial charge in [0.25, 0.3) is 0 Å². The third-order valence-electron chi connectivity index (χ3n) is 10.00. The summed E-state index contributed by atoms with van der Waals surface area (Å²) in [4.78, 5) is 36.8. The van der Waals surface area contributed by atoms with E-state index in [1.807, 2.05) is 0 Å². The van der Waals surface area contributed by atoms with Gasteiger partial charge in [-0.2, -0.15) is 0 Å². The Hall–Kier alpha value is -2.71. The molecule has 2 atom stereocenters. The monoisotopic (exact) mass is 788 g/mol. The highest BCUT2D eigenvalue weighted by Crippen LogP contribution is 2.13. The molecule has 0 radical (unpaired) electrons. The van der Waals surface area contributed by atoms with Crippen LogP contribution < -0.4 is 5.11 Å². The van der Waals surface area contributed by atoms with Gasteiger partial charge in [0.05, 0.1) is 40.3 Å². The minimum absolute atomic E-state index is 0.0270. The van der Waals surface area contributed by atoms with E-state index in [4.69, 9.17) is 14.2 Å². The zero-order chi connectivity index (χ0) is 41.4. The number of likely N-dealkylation sites (N-methyl/N-ethyl adjacent to an activating group) is 1. The van der Waals surface area contributed by atoms with Crippen molar-refractivity contribution in [3.05, 3.63) is 48.6 Å². The van der Waals surface area contributed by atoms with E-state index >= 15 is 0 Å². The molecule has 2 unspecified atom stereocenters. The van der Waals surface area contributed by atoms with E-state index in [2.05, 4.69) is 62.5 Å². The third-order valence-corrected chi connectivity index (χ3v) is 10.00. The van der Waals surface area contributed by atoms with Crippen LogP contribution in [0.4, 0.5) is 0 Å². The lowest BCUT2D eigenvalue weighted by Gasteiger charge is -2.34. The number of carbonyl (C=O) groups is 3. The zero-order valence-electron chi connectivity index (χ0n) is 36.8. The summed E-state index contributed by atoms with van der Waals surface area (Å²) in [6.45, 7) is 4.60. The van der Waals surface area contributed by atoms with Crippen LogP contribution in [-0.2, 0) is 28.6 Å². The Morgan fingerprint density at radius 2 is 0.964 bits per heavy atom. The summed E-state index contributed by atoms with van der Waals surface area (Å²) >= 11 is 0. The maximum Gasteiger partial charge on any atom is 0.306 e. The lowest BCUT2D eigenvalue weighted by Crippen LogP contribution is -2.55. The highest BCUT2D eigenvalue weighted by atomic mass is 16.6. The molecule has 0 fully saturated rings. The molecule has 0 N–H and O–H groups in total. The van der Waals surface area contributed by atoms with E-state index in [-0.39, 0.29) is 42.7 Å². The summed E-state index contributed by atoms with van der Waals surface area (Å²) in [5, 5.41) is 11.6. The molecule has 0 rings (SSSR count). The molecule has 56 heavy (non-hydrogen) atoms. The van der Waals surface area contributed by atoms with Crippen molar-refractivity contribution in [2.45, 2.75) is 199 Å². The summed E-state index contributed by atoms with van der Waals surface area (Å²) in [5.74, 6) is -1.78. The van der Waals surface area contributed by atoms with Crippen molar-refractivity contribution >= 4 is 17.9 Å². The van der Waals surface area contributed by atoms with Crippen LogP contribution in [0.15, 0.2) is 48.6 Å². The van der Waals surface area contributed by atoms with Crippen LogP contribution in [0.1, 0.15) is 187 Å². The average molecular weight is 788 g/mol. The van der Waals surface area contributed by atoms with E-state index in [0.29, 0.717) is 12.8 Å². The van der Waals surface area contributed by atoms with Crippen molar-refractivity contribution < 1.29 is 38.2 Å². The number of nitrogens with zero attached hydrogens (tertiary/aromatic N) is 1. The quantitative estimate of drug-likeness (QED) is 0.0200. The van der Waals surface area contributed by atoms with Gasteiger partial charge in [-0.05, 0) is 64.2 Å². The predicted octanol–water partition coefficient (Wildman–Crippen LogP) is 11.1. The van der Waals surface area contributed by atoms with Crippen LogP contribution in [0.5, 0.6) is 0 Å². The van der Waals surface area contributed by atoms with E-state index in [1.165, 1.54) is 77.0 Å². The number of unbranched alkanes of at least 4 members (excludes halogenated alkanes) is 20. The van der Waals surface area contributed by atoms with Crippen molar-refractivity contribution in [1.29, 1.82) is 0 Å². The summed E-state index contributed by atoms with van der Waals surface area (Å²) in [5.41, 5.74) is 0. The first-order chi connectivity index (χ1) is 27.1. The number of carboxylic acid groups (broad SMARTS) is 1.